The van der Waals surface area contributed by atoms with Gasteiger partial charge < -0.3 is 14.8 Å². The molecule has 1 aliphatic carbocycles. The van der Waals surface area contributed by atoms with E-state index in [4.69, 9.17) is 9.47 Å². The van der Waals surface area contributed by atoms with Crippen molar-refractivity contribution in [2.75, 3.05) is 20.3 Å². The number of benzene rings is 1. The molecular weight excluding hydrogens is 266 g/mol. The number of fused-ring (bicyclic) bond motifs is 1. The summed E-state index contributed by atoms with van der Waals surface area (Å²) in [5.74, 6) is 0.797. The van der Waals surface area contributed by atoms with Crippen LogP contribution in [0.3, 0.4) is 0 Å². The van der Waals surface area contributed by atoms with Crippen LogP contribution in [-0.2, 0) is 22.4 Å². The molecule has 0 heterocycles. The largest absolute Gasteiger partial charge is 0.481 e. The molecule has 1 amide bonds. The summed E-state index contributed by atoms with van der Waals surface area (Å²) in [6, 6.07) is 6.15. The minimum Gasteiger partial charge on any atom is -0.481 e. The molecule has 0 spiro atoms. The average molecular weight is 291 g/mol. The standard InChI is InChI=1S/C17H25NO3/c1-13(17(19)18-11-6-12-20-2)21-16-10-5-8-14-7-3-4-9-15(14)16/h5,8,10,13H,3-4,6-7,9,11-12H2,1-2H3,(H,18,19)/t13-/m1/s1. The van der Waals surface area contributed by atoms with Gasteiger partial charge in [0.05, 0.1) is 0 Å². The molecule has 4 nitrogen and oxygen atoms in total. The number of carbonyl (C=O) groups excluding carboxylic acids is 1. The van der Waals surface area contributed by atoms with Gasteiger partial charge in [-0.3, -0.25) is 4.79 Å². The number of aryl methyl sites for hydroxylation is 1. The Morgan fingerprint density at radius 3 is 2.95 bits per heavy atom. The molecule has 0 fully saturated rings. The van der Waals surface area contributed by atoms with Crippen molar-refractivity contribution in [2.45, 2.75) is 45.1 Å². The SMILES string of the molecule is COCCCNC(=O)[C@@H](C)Oc1cccc2c1CCCC2. The zero-order chi connectivity index (χ0) is 15.1. The maximum atomic E-state index is 12.0. The Balaban J connectivity index is 1.90. The Morgan fingerprint density at radius 2 is 2.14 bits per heavy atom. The predicted octanol–water partition coefficient (Wildman–Crippen LogP) is 2.49. The predicted molar refractivity (Wildman–Crippen MR) is 82.7 cm³/mol. The van der Waals surface area contributed by atoms with Crippen LogP contribution in [0.2, 0.25) is 0 Å². The Labute approximate surface area is 126 Å². The second-order valence-corrected chi connectivity index (χ2v) is 5.50. The first-order chi connectivity index (χ1) is 10.2. The van der Waals surface area contributed by atoms with E-state index >= 15 is 0 Å². The van der Waals surface area contributed by atoms with E-state index < -0.39 is 6.10 Å². The van der Waals surface area contributed by atoms with E-state index in [0.717, 1.165) is 25.0 Å². The molecule has 1 aromatic rings. The first kappa shape index (κ1) is 15.8. The van der Waals surface area contributed by atoms with Crippen molar-refractivity contribution in [3.63, 3.8) is 0 Å². The first-order valence-corrected chi connectivity index (χ1v) is 7.76. The van der Waals surface area contributed by atoms with E-state index in [9.17, 15) is 4.79 Å². The highest BCUT2D eigenvalue weighted by Crippen LogP contribution is 2.30. The summed E-state index contributed by atoms with van der Waals surface area (Å²) in [6.45, 7) is 3.07. The van der Waals surface area contributed by atoms with Crippen molar-refractivity contribution in [3.8, 4) is 5.75 Å². The molecule has 0 saturated carbocycles. The van der Waals surface area contributed by atoms with E-state index in [1.165, 1.54) is 24.0 Å². The number of ether oxygens (including phenoxy) is 2. The summed E-state index contributed by atoms with van der Waals surface area (Å²) in [6.07, 6.45) is 4.95. The van der Waals surface area contributed by atoms with Crippen molar-refractivity contribution in [1.29, 1.82) is 0 Å². The van der Waals surface area contributed by atoms with Crippen LogP contribution in [0, 0.1) is 0 Å². The fraction of sp³-hybridized carbons (Fsp3) is 0.588. The third kappa shape index (κ3) is 4.46. The third-order valence-corrected chi connectivity index (χ3v) is 3.85. The lowest BCUT2D eigenvalue weighted by atomic mass is 9.91. The van der Waals surface area contributed by atoms with Gasteiger partial charge in [-0.1, -0.05) is 12.1 Å². The van der Waals surface area contributed by atoms with Crippen LogP contribution >= 0.6 is 0 Å². The van der Waals surface area contributed by atoms with E-state index in [-0.39, 0.29) is 5.91 Å². The van der Waals surface area contributed by atoms with Crippen molar-refractivity contribution in [2.24, 2.45) is 0 Å². The molecule has 0 bridgehead atoms. The van der Waals surface area contributed by atoms with Gasteiger partial charge in [-0.15, -0.1) is 0 Å². The van der Waals surface area contributed by atoms with Gasteiger partial charge in [0.15, 0.2) is 6.10 Å². The van der Waals surface area contributed by atoms with Crippen molar-refractivity contribution in [1.82, 2.24) is 5.32 Å². The second-order valence-electron chi connectivity index (χ2n) is 5.50. The lowest BCUT2D eigenvalue weighted by Gasteiger charge is -2.22. The lowest BCUT2D eigenvalue weighted by molar-refractivity contribution is -0.127. The molecule has 116 valence electrons. The van der Waals surface area contributed by atoms with Gasteiger partial charge >= 0.3 is 0 Å². The molecule has 2 rings (SSSR count). The molecule has 1 atom stereocenters. The molecule has 1 aliphatic rings. The van der Waals surface area contributed by atoms with Crippen molar-refractivity contribution >= 4 is 5.91 Å². The van der Waals surface area contributed by atoms with Gasteiger partial charge in [-0.05, 0) is 56.2 Å². The molecule has 4 heteroatoms. The van der Waals surface area contributed by atoms with E-state index in [1.807, 2.05) is 12.1 Å². The Hall–Kier alpha value is -1.55. The Bertz CT molecular complexity index is 473. The van der Waals surface area contributed by atoms with Gasteiger partial charge in [0.25, 0.3) is 5.91 Å². The number of hydrogen-bond donors (Lipinski definition) is 1. The van der Waals surface area contributed by atoms with E-state index in [1.54, 1.807) is 14.0 Å². The quantitative estimate of drug-likeness (QED) is 0.785. The molecule has 0 saturated heterocycles. The van der Waals surface area contributed by atoms with Crippen LogP contribution in [0.4, 0.5) is 0 Å². The lowest BCUT2D eigenvalue weighted by Crippen LogP contribution is -2.37. The smallest absolute Gasteiger partial charge is 0.260 e. The fourth-order valence-electron chi connectivity index (χ4n) is 2.67. The minimum atomic E-state index is -0.471. The summed E-state index contributed by atoms with van der Waals surface area (Å²) in [5.41, 5.74) is 2.65. The zero-order valence-corrected chi connectivity index (χ0v) is 13.0. The number of rotatable bonds is 7. The molecule has 0 unspecified atom stereocenters. The summed E-state index contributed by atoms with van der Waals surface area (Å²) in [5, 5.41) is 2.87. The summed E-state index contributed by atoms with van der Waals surface area (Å²) >= 11 is 0. The van der Waals surface area contributed by atoms with Crippen LogP contribution in [0.1, 0.15) is 37.3 Å². The van der Waals surface area contributed by atoms with E-state index in [0.29, 0.717) is 13.2 Å². The topological polar surface area (TPSA) is 47.6 Å². The first-order valence-electron chi connectivity index (χ1n) is 7.76. The molecule has 1 N–H and O–H groups in total. The Kier molecular flexibility index (Phi) is 6.05. The molecule has 0 aliphatic heterocycles. The molecule has 0 radical (unpaired) electrons. The number of methoxy groups -OCH3 is 1. The highest BCUT2D eigenvalue weighted by Gasteiger charge is 2.18. The summed E-state index contributed by atoms with van der Waals surface area (Å²) in [4.78, 5) is 12.0. The highest BCUT2D eigenvalue weighted by atomic mass is 16.5. The summed E-state index contributed by atoms with van der Waals surface area (Å²) < 4.78 is 10.8. The fourth-order valence-corrected chi connectivity index (χ4v) is 2.67. The zero-order valence-electron chi connectivity index (χ0n) is 13.0. The molecular formula is C17H25NO3. The molecule has 1 aromatic carbocycles. The van der Waals surface area contributed by atoms with Gasteiger partial charge in [0.1, 0.15) is 5.75 Å². The van der Waals surface area contributed by atoms with Gasteiger partial charge in [-0.2, -0.15) is 0 Å². The Morgan fingerprint density at radius 1 is 1.33 bits per heavy atom. The maximum Gasteiger partial charge on any atom is 0.260 e. The average Bonchev–Trinajstić information content (AvgIpc) is 2.51. The van der Waals surface area contributed by atoms with Crippen LogP contribution in [0.15, 0.2) is 18.2 Å². The minimum absolute atomic E-state index is 0.0699. The van der Waals surface area contributed by atoms with Crippen LogP contribution in [0.25, 0.3) is 0 Å². The molecule has 21 heavy (non-hydrogen) atoms. The third-order valence-electron chi connectivity index (χ3n) is 3.85. The van der Waals surface area contributed by atoms with Crippen LogP contribution in [-0.4, -0.2) is 32.3 Å². The number of carbonyl (C=O) groups is 1. The number of hydrogen-bond acceptors (Lipinski definition) is 3. The number of amides is 1. The van der Waals surface area contributed by atoms with Crippen LogP contribution < -0.4 is 10.1 Å². The van der Waals surface area contributed by atoms with Gasteiger partial charge in [0, 0.05) is 20.3 Å². The normalized spacial score (nSPS) is 15.1. The van der Waals surface area contributed by atoms with Gasteiger partial charge in [0.2, 0.25) is 0 Å². The van der Waals surface area contributed by atoms with Crippen molar-refractivity contribution < 1.29 is 14.3 Å². The van der Waals surface area contributed by atoms with Crippen molar-refractivity contribution in [3.05, 3.63) is 29.3 Å². The maximum absolute atomic E-state index is 12.0. The van der Waals surface area contributed by atoms with E-state index in [2.05, 4.69) is 11.4 Å². The summed E-state index contributed by atoms with van der Waals surface area (Å²) in [7, 11) is 1.66. The van der Waals surface area contributed by atoms with Crippen LogP contribution in [0.5, 0.6) is 5.75 Å². The number of nitrogens with one attached hydrogen (secondary N) is 1. The highest BCUT2D eigenvalue weighted by molar-refractivity contribution is 5.80. The molecule has 0 aromatic heterocycles. The second kappa shape index (κ2) is 8.03. The van der Waals surface area contributed by atoms with Gasteiger partial charge in [-0.25, -0.2) is 0 Å². The monoisotopic (exact) mass is 291 g/mol.